The molecule has 172 valence electrons. The smallest absolute Gasteiger partial charge is 0.146 e. The lowest BCUT2D eigenvalue weighted by atomic mass is 10.1. The lowest BCUT2D eigenvalue weighted by Gasteiger charge is -2.31. The van der Waals surface area contributed by atoms with E-state index in [-0.39, 0.29) is 6.10 Å². The zero-order chi connectivity index (χ0) is 23.3. The number of halogens is 1. The molecule has 32 heavy (non-hydrogen) atoms. The monoisotopic (exact) mass is 477 g/mol. The number of nitrogen functional groups attached to an aromatic ring is 1. The van der Waals surface area contributed by atoms with Crippen LogP contribution in [0.4, 0.5) is 21.6 Å². The Morgan fingerprint density at radius 1 is 1.28 bits per heavy atom. The summed E-state index contributed by atoms with van der Waals surface area (Å²) < 4.78 is 33.8. The average Bonchev–Trinajstić information content (AvgIpc) is 2.77. The topological polar surface area (TPSA) is 93.4 Å². The summed E-state index contributed by atoms with van der Waals surface area (Å²) in [6.07, 6.45) is 6.34. The number of thiol groups is 1. The summed E-state index contributed by atoms with van der Waals surface area (Å²) in [4.78, 5) is 8.68. The Balaban J connectivity index is 0.00000141. The van der Waals surface area contributed by atoms with Gasteiger partial charge in [-0.05, 0) is 55.9 Å². The van der Waals surface area contributed by atoms with E-state index in [0.29, 0.717) is 29.5 Å². The van der Waals surface area contributed by atoms with Gasteiger partial charge in [0.05, 0.1) is 22.2 Å². The first-order chi connectivity index (χ1) is 15.4. The second-order valence-electron chi connectivity index (χ2n) is 7.41. The minimum atomic E-state index is -1.06. The predicted octanol–water partition coefficient (Wildman–Crippen LogP) is 4.09. The summed E-state index contributed by atoms with van der Waals surface area (Å²) in [5.74, 6) is 0.594. The van der Waals surface area contributed by atoms with E-state index in [2.05, 4.69) is 27.9 Å². The molecule has 2 heterocycles. The summed E-state index contributed by atoms with van der Waals surface area (Å²) in [5.41, 5.74) is 8.83. The van der Waals surface area contributed by atoms with Crippen molar-refractivity contribution in [2.24, 2.45) is 0 Å². The molecule has 1 fully saturated rings. The van der Waals surface area contributed by atoms with E-state index in [4.69, 9.17) is 10.5 Å². The second kappa shape index (κ2) is 10.9. The number of rotatable bonds is 5. The normalized spacial score (nSPS) is 17.3. The van der Waals surface area contributed by atoms with Gasteiger partial charge in [0.1, 0.15) is 29.8 Å². The first-order valence-corrected chi connectivity index (χ1v) is 12.6. The summed E-state index contributed by atoms with van der Waals surface area (Å²) in [6.45, 7) is 3.25. The third-order valence-corrected chi connectivity index (χ3v) is 6.21. The Kier molecular flexibility index (Phi) is 8.27. The van der Waals surface area contributed by atoms with E-state index >= 15 is 0 Å². The SMILES string of the molecule is CS.Cc1cc(N)cc2ncnc(Nc3ccc(F)cc3O[C@@H]3CCCN(S(C)=O)C3)c12. The van der Waals surface area contributed by atoms with Gasteiger partial charge in [0.15, 0.2) is 0 Å². The van der Waals surface area contributed by atoms with Crippen LogP contribution in [0.15, 0.2) is 36.7 Å². The fourth-order valence-corrected chi connectivity index (χ4v) is 4.52. The number of nitrogens with one attached hydrogen (secondary N) is 1. The second-order valence-corrected chi connectivity index (χ2v) is 8.78. The Morgan fingerprint density at radius 2 is 2.06 bits per heavy atom. The largest absolute Gasteiger partial charge is 0.487 e. The molecule has 1 aromatic heterocycles. The number of fused-ring (bicyclic) bond motifs is 1. The Morgan fingerprint density at radius 3 is 2.81 bits per heavy atom. The van der Waals surface area contributed by atoms with Crippen molar-refractivity contribution in [1.82, 2.24) is 14.3 Å². The summed E-state index contributed by atoms with van der Waals surface area (Å²) in [7, 11) is -1.06. The Labute approximate surface area is 195 Å². The van der Waals surface area contributed by atoms with Crippen LogP contribution in [0.5, 0.6) is 5.75 Å². The molecule has 3 aromatic rings. The molecular formula is C22H28FN5O2S2. The number of ether oxygens (including phenoxy) is 1. The van der Waals surface area contributed by atoms with E-state index in [0.717, 1.165) is 35.9 Å². The van der Waals surface area contributed by atoms with Gasteiger partial charge in [0.25, 0.3) is 0 Å². The first-order valence-electron chi connectivity index (χ1n) is 10.2. The lowest BCUT2D eigenvalue weighted by molar-refractivity contribution is 0.133. The number of aryl methyl sites for hydroxylation is 1. The maximum Gasteiger partial charge on any atom is 0.146 e. The van der Waals surface area contributed by atoms with Crippen molar-refractivity contribution < 1.29 is 13.3 Å². The van der Waals surface area contributed by atoms with Gasteiger partial charge in [0.2, 0.25) is 0 Å². The van der Waals surface area contributed by atoms with Crippen molar-refractivity contribution in [2.75, 3.05) is 36.7 Å². The van der Waals surface area contributed by atoms with Crippen molar-refractivity contribution in [3.8, 4) is 5.75 Å². The van der Waals surface area contributed by atoms with Gasteiger partial charge in [-0.1, -0.05) is 0 Å². The van der Waals surface area contributed by atoms with Gasteiger partial charge in [-0.15, -0.1) is 0 Å². The van der Waals surface area contributed by atoms with Crippen molar-refractivity contribution in [3.63, 3.8) is 0 Å². The van der Waals surface area contributed by atoms with Crippen molar-refractivity contribution in [2.45, 2.75) is 25.9 Å². The van der Waals surface area contributed by atoms with Crippen LogP contribution >= 0.6 is 12.6 Å². The molecule has 1 unspecified atom stereocenters. The van der Waals surface area contributed by atoms with E-state index in [1.807, 2.05) is 17.3 Å². The number of benzene rings is 2. The highest BCUT2D eigenvalue weighted by molar-refractivity contribution is 7.81. The summed E-state index contributed by atoms with van der Waals surface area (Å²) >= 11 is 3.53. The number of anilines is 3. The number of hydrogen-bond donors (Lipinski definition) is 3. The zero-order valence-electron chi connectivity index (χ0n) is 18.3. The van der Waals surface area contributed by atoms with Crippen LogP contribution < -0.4 is 15.8 Å². The highest BCUT2D eigenvalue weighted by atomic mass is 32.2. The van der Waals surface area contributed by atoms with Crippen LogP contribution in [0, 0.1) is 12.7 Å². The van der Waals surface area contributed by atoms with Crippen molar-refractivity contribution >= 4 is 51.7 Å². The first kappa shape index (κ1) is 24.2. The third-order valence-electron chi connectivity index (χ3n) is 5.15. The van der Waals surface area contributed by atoms with Crippen molar-refractivity contribution in [3.05, 3.63) is 48.0 Å². The molecule has 1 aliphatic heterocycles. The number of nitrogens with zero attached hydrogens (tertiary/aromatic N) is 3. The number of nitrogens with two attached hydrogens (primary N) is 1. The highest BCUT2D eigenvalue weighted by Gasteiger charge is 2.24. The van der Waals surface area contributed by atoms with Gasteiger partial charge in [-0.25, -0.2) is 22.9 Å². The molecule has 0 saturated carbocycles. The lowest BCUT2D eigenvalue weighted by Crippen LogP contribution is -2.41. The van der Waals surface area contributed by atoms with E-state index in [1.54, 1.807) is 24.6 Å². The maximum atomic E-state index is 14.0. The molecule has 0 spiro atoms. The van der Waals surface area contributed by atoms with Crippen LogP contribution in [0.3, 0.4) is 0 Å². The standard InChI is InChI=1S/C21H24FN5O2S.CH4S/c1-13-8-15(23)10-18-20(13)21(25-12-24-18)26-17-6-5-14(22)9-19(17)29-16-4-3-7-27(11-16)30(2)28;1-2/h5-6,8-10,12,16H,3-4,7,11,23H2,1-2H3,(H,24,25,26);2H,1H3/t16-,30?;/m1./s1. The number of aromatic nitrogens is 2. The van der Waals surface area contributed by atoms with Crippen LogP contribution in [0.1, 0.15) is 18.4 Å². The fourth-order valence-electron chi connectivity index (χ4n) is 3.75. The van der Waals surface area contributed by atoms with Crippen LogP contribution in [-0.2, 0) is 11.0 Å². The molecule has 0 aliphatic carbocycles. The van der Waals surface area contributed by atoms with Gasteiger partial charge in [-0.3, -0.25) is 0 Å². The third kappa shape index (κ3) is 5.67. The number of hydrogen-bond acceptors (Lipinski definition) is 7. The van der Waals surface area contributed by atoms with Gasteiger partial charge in [0, 0.05) is 36.5 Å². The molecule has 10 heteroatoms. The Bertz CT molecular complexity index is 1120. The highest BCUT2D eigenvalue weighted by Crippen LogP contribution is 2.33. The molecule has 1 aliphatic rings. The maximum absolute atomic E-state index is 14.0. The molecule has 2 atom stereocenters. The van der Waals surface area contributed by atoms with Crippen LogP contribution in [0.2, 0.25) is 0 Å². The molecule has 7 nitrogen and oxygen atoms in total. The Hall–Kier alpha value is -2.43. The fraction of sp³-hybridized carbons (Fsp3) is 0.364. The molecule has 0 radical (unpaired) electrons. The minimum absolute atomic E-state index is 0.173. The molecule has 4 rings (SSSR count). The van der Waals surface area contributed by atoms with Gasteiger partial charge < -0.3 is 15.8 Å². The summed E-state index contributed by atoms with van der Waals surface area (Å²) in [5, 5.41) is 4.11. The van der Waals surface area contributed by atoms with E-state index in [1.165, 1.54) is 18.5 Å². The molecule has 3 N–H and O–H groups in total. The van der Waals surface area contributed by atoms with E-state index in [9.17, 15) is 8.60 Å². The minimum Gasteiger partial charge on any atom is -0.487 e. The predicted molar refractivity (Wildman–Crippen MR) is 133 cm³/mol. The molecule has 0 bridgehead atoms. The van der Waals surface area contributed by atoms with Gasteiger partial charge in [-0.2, -0.15) is 12.6 Å². The summed E-state index contributed by atoms with van der Waals surface area (Å²) in [6, 6.07) is 8.01. The number of piperidine rings is 1. The van der Waals surface area contributed by atoms with Crippen molar-refractivity contribution in [1.29, 1.82) is 0 Å². The quantitative estimate of drug-likeness (QED) is 0.379. The molecule has 2 aromatic carbocycles. The average molecular weight is 478 g/mol. The molecular weight excluding hydrogens is 449 g/mol. The molecule has 1 saturated heterocycles. The zero-order valence-corrected chi connectivity index (χ0v) is 20.0. The van der Waals surface area contributed by atoms with Crippen LogP contribution in [0.25, 0.3) is 10.9 Å². The van der Waals surface area contributed by atoms with Gasteiger partial charge >= 0.3 is 0 Å². The van der Waals surface area contributed by atoms with E-state index < -0.39 is 16.8 Å². The molecule has 0 amide bonds. The van der Waals surface area contributed by atoms with Crippen LogP contribution in [-0.4, -0.2) is 50.2 Å².